The Morgan fingerprint density at radius 1 is 1.13 bits per heavy atom. The first-order valence-electron chi connectivity index (χ1n) is 11.6. The van der Waals surface area contributed by atoms with Crippen molar-refractivity contribution in [1.82, 2.24) is 24.7 Å². The molecule has 11 heteroatoms. The Morgan fingerprint density at radius 2 is 1.95 bits per heavy atom. The molecule has 0 aliphatic heterocycles. The lowest BCUT2D eigenvalue weighted by Crippen LogP contribution is -2.28. The van der Waals surface area contributed by atoms with E-state index in [9.17, 15) is 18.0 Å². The van der Waals surface area contributed by atoms with Gasteiger partial charge in [0.2, 0.25) is 0 Å². The number of alkyl halides is 3. The third kappa shape index (κ3) is 4.87. The topological polar surface area (TPSA) is 85.7 Å². The molecule has 0 radical (unpaired) electrons. The molecule has 0 unspecified atom stereocenters. The first-order valence-corrected chi connectivity index (χ1v) is 11.9. The maximum Gasteiger partial charge on any atom is 0.421 e. The number of hydrogen-bond acceptors (Lipinski definition) is 5. The van der Waals surface area contributed by atoms with E-state index < -0.39 is 17.3 Å². The summed E-state index contributed by atoms with van der Waals surface area (Å²) >= 11 is 6.45. The minimum absolute atomic E-state index is 0.0388. The molecule has 0 saturated carbocycles. The van der Waals surface area contributed by atoms with Crippen LogP contribution in [-0.4, -0.2) is 24.7 Å². The Bertz CT molecular complexity index is 1710. The zero-order valence-corrected chi connectivity index (χ0v) is 21.1. The number of aryl methyl sites for hydroxylation is 2. The van der Waals surface area contributed by atoms with E-state index in [1.54, 1.807) is 18.3 Å². The third-order valence-corrected chi connectivity index (χ3v) is 6.49. The van der Waals surface area contributed by atoms with Gasteiger partial charge in [0.15, 0.2) is 0 Å². The Labute approximate surface area is 219 Å². The van der Waals surface area contributed by atoms with E-state index in [-0.39, 0.29) is 13.2 Å². The lowest BCUT2D eigenvalue weighted by Gasteiger charge is -2.16. The zero-order valence-electron chi connectivity index (χ0n) is 20.3. The molecule has 5 aromatic rings. The summed E-state index contributed by atoms with van der Waals surface area (Å²) in [6.07, 6.45) is -0.303. The standard InChI is InChI=1S/C27H21ClF3N5O2/c1-15-12-33-35-24(15)18-11-16(2)34-25-17(18)5-3-7-23(25)38-14-19-21(28)8-9-32-22(19)13-36-10-4-6-20(26(36)37)27(29,30)31/h3-12H,13-14H2,1-2H3,(H,33,35). The molecule has 1 aromatic carbocycles. The van der Waals surface area contributed by atoms with Crippen LogP contribution in [0.5, 0.6) is 5.75 Å². The molecule has 0 amide bonds. The van der Waals surface area contributed by atoms with Crippen LogP contribution in [0.3, 0.4) is 0 Å². The smallest absolute Gasteiger partial charge is 0.421 e. The zero-order chi connectivity index (χ0) is 27.0. The van der Waals surface area contributed by atoms with Crippen LogP contribution in [0.25, 0.3) is 22.2 Å². The van der Waals surface area contributed by atoms with Gasteiger partial charge in [0.05, 0.1) is 29.2 Å². The summed E-state index contributed by atoms with van der Waals surface area (Å²) < 4.78 is 46.8. The maximum atomic E-state index is 13.2. The normalized spacial score (nSPS) is 11.7. The molecule has 0 fully saturated rings. The molecular weight excluding hydrogens is 519 g/mol. The number of para-hydroxylation sites is 1. The predicted octanol–water partition coefficient (Wildman–Crippen LogP) is 6.10. The monoisotopic (exact) mass is 539 g/mol. The number of benzene rings is 1. The van der Waals surface area contributed by atoms with Crippen LogP contribution in [0.15, 0.2) is 65.8 Å². The number of aromatic amines is 1. The van der Waals surface area contributed by atoms with Gasteiger partial charge in [-0.2, -0.15) is 18.3 Å². The van der Waals surface area contributed by atoms with E-state index in [0.29, 0.717) is 27.5 Å². The van der Waals surface area contributed by atoms with Gasteiger partial charge in [0.1, 0.15) is 23.4 Å². The number of aromatic nitrogens is 5. The predicted molar refractivity (Wildman–Crippen MR) is 137 cm³/mol. The van der Waals surface area contributed by atoms with Crippen molar-refractivity contribution in [2.45, 2.75) is 33.2 Å². The van der Waals surface area contributed by atoms with Gasteiger partial charge in [-0.1, -0.05) is 23.7 Å². The van der Waals surface area contributed by atoms with Crippen molar-refractivity contribution in [3.05, 3.63) is 105 Å². The minimum atomic E-state index is -4.76. The van der Waals surface area contributed by atoms with Crippen molar-refractivity contribution in [3.63, 3.8) is 0 Å². The number of halogens is 4. The van der Waals surface area contributed by atoms with E-state index in [2.05, 4.69) is 20.2 Å². The van der Waals surface area contributed by atoms with Gasteiger partial charge in [-0.15, -0.1) is 0 Å². The van der Waals surface area contributed by atoms with Crippen LogP contribution < -0.4 is 10.3 Å². The molecule has 194 valence electrons. The second-order valence-corrected chi connectivity index (χ2v) is 9.16. The van der Waals surface area contributed by atoms with Crippen LogP contribution in [0.4, 0.5) is 13.2 Å². The highest BCUT2D eigenvalue weighted by Gasteiger charge is 2.34. The van der Waals surface area contributed by atoms with E-state index in [1.165, 1.54) is 18.5 Å². The molecule has 5 rings (SSSR count). The molecule has 1 N–H and O–H groups in total. The molecule has 0 aliphatic rings. The lowest BCUT2D eigenvalue weighted by molar-refractivity contribution is -0.138. The van der Waals surface area contributed by atoms with Gasteiger partial charge in [-0.25, -0.2) is 4.98 Å². The van der Waals surface area contributed by atoms with Crippen molar-refractivity contribution < 1.29 is 17.9 Å². The average Bonchev–Trinajstić information content (AvgIpc) is 3.29. The third-order valence-electron chi connectivity index (χ3n) is 6.13. The molecule has 0 aliphatic carbocycles. The van der Waals surface area contributed by atoms with Crippen molar-refractivity contribution in [2.24, 2.45) is 0 Å². The molecule has 0 saturated heterocycles. The Morgan fingerprint density at radius 3 is 2.68 bits per heavy atom. The minimum Gasteiger partial charge on any atom is -0.486 e. The van der Waals surface area contributed by atoms with Crippen LogP contribution in [0.1, 0.15) is 28.1 Å². The van der Waals surface area contributed by atoms with Gasteiger partial charge in [0, 0.05) is 34.6 Å². The Balaban J connectivity index is 1.50. The van der Waals surface area contributed by atoms with Gasteiger partial charge in [0.25, 0.3) is 5.56 Å². The first-order chi connectivity index (χ1) is 18.1. The fraction of sp³-hybridized carbons (Fsp3) is 0.185. The molecule has 0 spiro atoms. The molecule has 38 heavy (non-hydrogen) atoms. The van der Waals surface area contributed by atoms with Crippen LogP contribution in [0.2, 0.25) is 5.02 Å². The van der Waals surface area contributed by atoms with Gasteiger partial charge in [-0.05, 0) is 49.7 Å². The largest absolute Gasteiger partial charge is 0.486 e. The summed E-state index contributed by atoms with van der Waals surface area (Å²) in [6, 6.07) is 11.0. The van der Waals surface area contributed by atoms with E-state index in [4.69, 9.17) is 16.3 Å². The molecule has 4 aromatic heterocycles. The summed E-state index contributed by atoms with van der Waals surface area (Å²) in [5.41, 5.74) is 2.56. The molecule has 0 bridgehead atoms. The number of ether oxygens (including phenoxy) is 1. The SMILES string of the molecule is Cc1cc(-c2[nH]ncc2C)c2cccc(OCc3c(Cl)ccnc3Cn3cccc(C(F)(F)F)c3=O)c2n1. The number of nitrogens with zero attached hydrogens (tertiary/aromatic N) is 4. The fourth-order valence-corrected chi connectivity index (χ4v) is 4.50. The first kappa shape index (κ1) is 25.5. The highest BCUT2D eigenvalue weighted by molar-refractivity contribution is 6.31. The average molecular weight is 540 g/mol. The van der Waals surface area contributed by atoms with Crippen LogP contribution >= 0.6 is 11.6 Å². The number of rotatable bonds is 6. The van der Waals surface area contributed by atoms with Crippen molar-refractivity contribution in [1.29, 1.82) is 0 Å². The second kappa shape index (κ2) is 9.94. The van der Waals surface area contributed by atoms with Gasteiger partial charge < -0.3 is 9.30 Å². The Kier molecular flexibility index (Phi) is 6.66. The summed E-state index contributed by atoms with van der Waals surface area (Å²) in [6.45, 7) is 3.60. The van der Waals surface area contributed by atoms with Crippen LogP contribution in [-0.2, 0) is 19.3 Å². The summed E-state index contributed by atoms with van der Waals surface area (Å²) in [5, 5.41) is 8.33. The molecule has 0 atom stereocenters. The number of H-pyrrole nitrogens is 1. The van der Waals surface area contributed by atoms with Crippen molar-refractivity contribution in [3.8, 4) is 17.0 Å². The van der Waals surface area contributed by atoms with Crippen molar-refractivity contribution in [2.75, 3.05) is 0 Å². The molecule has 4 heterocycles. The molecular formula is C27H21ClF3N5O2. The highest BCUT2D eigenvalue weighted by atomic mass is 35.5. The highest BCUT2D eigenvalue weighted by Crippen LogP contribution is 2.34. The van der Waals surface area contributed by atoms with E-state index in [1.807, 2.05) is 32.0 Å². The maximum absolute atomic E-state index is 13.2. The summed E-state index contributed by atoms with van der Waals surface area (Å²) in [4.78, 5) is 21.4. The number of pyridine rings is 3. The lowest BCUT2D eigenvalue weighted by atomic mass is 10.0. The number of nitrogens with one attached hydrogen (secondary N) is 1. The number of fused-ring (bicyclic) bond motifs is 1. The summed E-state index contributed by atoms with van der Waals surface area (Å²) in [7, 11) is 0. The van der Waals surface area contributed by atoms with E-state index >= 15 is 0 Å². The Hall–Kier alpha value is -4.18. The molecule has 7 nitrogen and oxygen atoms in total. The van der Waals surface area contributed by atoms with Gasteiger partial charge in [-0.3, -0.25) is 14.9 Å². The quantitative estimate of drug-likeness (QED) is 0.282. The second-order valence-electron chi connectivity index (χ2n) is 8.75. The number of hydrogen-bond donors (Lipinski definition) is 1. The summed E-state index contributed by atoms with van der Waals surface area (Å²) in [5.74, 6) is 0.492. The van der Waals surface area contributed by atoms with E-state index in [0.717, 1.165) is 38.5 Å². The van der Waals surface area contributed by atoms with Crippen molar-refractivity contribution >= 4 is 22.5 Å². The fourth-order valence-electron chi connectivity index (χ4n) is 4.28. The van der Waals surface area contributed by atoms with Gasteiger partial charge >= 0.3 is 6.18 Å². The van der Waals surface area contributed by atoms with Crippen LogP contribution in [0, 0.1) is 13.8 Å².